The van der Waals surface area contributed by atoms with E-state index in [0.717, 1.165) is 22.8 Å². The maximum absolute atomic E-state index is 11.9. The Morgan fingerprint density at radius 3 is 2.08 bits per heavy atom. The molecule has 1 unspecified atom stereocenters. The fourth-order valence-electron chi connectivity index (χ4n) is 3.97. The van der Waals surface area contributed by atoms with Crippen molar-refractivity contribution >= 4 is 17.7 Å². The number of aliphatic carboxylic acids is 1. The predicted octanol–water partition coefficient (Wildman–Crippen LogP) is 6.69. The van der Waals surface area contributed by atoms with Gasteiger partial charge in [-0.2, -0.15) is 0 Å². The van der Waals surface area contributed by atoms with E-state index in [1.807, 2.05) is 95.4 Å². The standard InChI is InChI=1S/C33H42O6/c1-24(12-8-9-13-25(2)16-11-17-29(21-31(36)37)23-39-28(5)34)14-10-15-26(3)18-19-33(38)27(4)20-30(35)22-32(33,6)7/h8-16,18-21,38H,17,22-23H2,1-7H3,(H,36,37). The van der Waals surface area contributed by atoms with Crippen molar-refractivity contribution in [2.75, 3.05) is 6.61 Å². The van der Waals surface area contributed by atoms with Gasteiger partial charge in [0.2, 0.25) is 0 Å². The Kier molecular flexibility index (Phi) is 13.3. The van der Waals surface area contributed by atoms with Gasteiger partial charge in [-0.15, -0.1) is 0 Å². The van der Waals surface area contributed by atoms with Crippen molar-refractivity contribution in [3.05, 3.63) is 107 Å². The summed E-state index contributed by atoms with van der Waals surface area (Å²) in [6.07, 6.45) is 24.3. The van der Waals surface area contributed by atoms with E-state index in [0.29, 0.717) is 24.0 Å². The summed E-state index contributed by atoms with van der Waals surface area (Å²) in [5.74, 6) is -1.49. The molecule has 0 bridgehead atoms. The molecule has 0 amide bonds. The summed E-state index contributed by atoms with van der Waals surface area (Å²) in [5.41, 5.74) is 2.44. The largest absolute Gasteiger partial charge is 0.478 e. The summed E-state index contributed by atoms with van der Waals surface area (Å²) in [6.45, 7) is 12.7. The first-order chi connectivity index (χ1) is 18.2. The van der Waals surface area contributed by atoms with Crippen molar-refractivity contribution in [1.82, 2.24) is 0 Å². The number of aliphatic hydroxyl groups is 1. The molecule has 0 spiro atoms. The number of esters is 1. The van der Waals surface area contributed by atoms with Crippen molar-refractivity contribution < 1.29 is 29.3 Å². The molecule has 1 aliphatic rings. The van der Waals surface area contributed by atoms with Gasteiger partial charge in [0.05, 0.1) is 0 Å². The van der Waals surface area contributed by atoms with Gasteiger partial charge in [0.25, 0.3) is 0 Å². The maximum Gasteiger partial charge on any atom is 0.328 e. The zero-order valence-corrected chi connectivity index (χ0v) is 24.2. The molecule has 210 valence electrons. The number of ether oxygens (including phenoxy) is 1. The number of allylic oxidation sites excluding steroid dienone is 14. The predicted molar refractivity (Wildman–Crippen MR) is 157 cm³/mol. The maximum atomic E-state index is 11.9. The molecule has 0 aliphatic heterocycles. The highest BCUT2D eigenvalue weighted by atomic mass is 16.5. The molecular formula is C33H42O6. The van der Waals surface area contributed by atoms with Gasteiger partial charge in [-0.05, 0) is 57.4 Å². The Labute approximate surface area is 232 Å². The van der Waals surface area contributed by atoms with Crippen LogP contribution in [0.3, 0.4) is 0 Å². The van der Waals surface area contributed by atoms with Crippen LogP contribution in [0, 0.1) is 5.41 Å². The van der Waals surface area contributed by atoms with Gasteiger partial charge in [0.1, 0.15) is 12.2 Å². The third kappa shape index (κ3) is 12.1. The summed E-state index contributed by atoms with van der Waals surface area (Å²) in [6, 6.07) is 0. The average Bonchev–Trinajstić information content (AvgIpc) is 2.81. The second-order valence-corrected chi connectivity index (χ2v) is 10.5. The summed E-state index contributed by atoms with van der Waals surface area (Å²) in [5, 5.41) is 20.2. The van der Waals surface area contributed by atoms with Crippen LogP contribution in [0.1, 0.15) is 61.3 Å². The van der Waals surface area contributed by atoms with Crippen molar-refractivity contribution in [3.63, 3.8) is 0 Å². The van der Waals surface area contributed by atoms with E-state index in [-0.39, 0.29) is 12.4 Å². The second kappa shape index (κ2) is 15.6. The fraction of sp³-hybridized carbons (Fsp3) is 0.364. The quantitative estimate of drug-likeness (QED) is 0.164. The zero-order valence-electron chi connectivity index (χ0n) is 24.2. The van der Waals surface area contributed by atoms with Crippen LogP contribution in [0.15, 0.2) is 107 Å². The van der Waals surface area contributed by atoms with E-state index >= 15 is 0 Å². The van der Waals surface area contributed by atoms with Gasteiger partial charge in [-0.3, -0.25) is 9.59 Å². The molecule has 0 fully saturated rings. The van der Waals surface area contributed by atoms with E-state index < -0.39 is 23.0 Å². The van der Waals surface area contributed by atoms with Crippen molar-refractivity contribution in [1.29, 1.82) is 0 Å². The molecule has 0 aromatic heterocycles. The van der Waals surface area contributed by atoms with Crippen molar-refractivity contribution in [2.45, 2.75) is 66.9 Å². The first kappa shape index (κ1) is 33.3. The number of carboxylic acids is 1. The Morgan fingerprint density at radius 1 is 0.949 bits per heavy atom. The van der Waals surface area contributed by atoms with Gasteiger partial charge < -0.3 is 14.9 Å². The lowest BCUT2D eigenvalue weighted by Crippen LogP contribution is -2.48. The van der Waals surface area contributed by atoms with E-state index in [4.69, 9.17) is 9.84 Å². The lowest BCUT2D eigenvalue weighted by atomic mass is 9.64. The third-order valence-corrected chi connectivity index (χ3v) is 6.31. The molecule has 1 rings (SSSR count). The summed E-state index contributed by atoms with van der Waals surface area (Å²) < 4.78 is 4.89. The molecule has 0 heterocycles. The Bertz CT molecular complexity index is 1190. The SMILES string of the molecule is CC(=O)OCC(=CC(=O)O)CC=CC(C)=CC=CC=C(C)C=CC=C(C)C=CC1(O)C(C)=CC(=O)CC1(C)C. The molecule has 0 radical (unpaired) electrons. The van der Waals surface area contributed by atoms with E-state index in [1.54, 1.807) is 13.0 Å². The minimum atomic E-state index is -1.16. The minimum absolute atomic E-state index is 0.0428. The van der Waals surface area contributed by atoms with Crippen LogP contribution >= 0.6 is 0 Å². The van der Waals surface area contributed by atoms with Gasteiger partial charge in [-0.1, -0.05) is 91.3 Å². The monoisotopic (exact) mass is 534 g/mol. The summed E-state index contributed by atoms with van der Waals surface area (Å²) in [7, 11) is 0. The van der Waals surface area contributed by atoms with E-state index in [1.165, 1.54) is 13.0 Å². The van der Waals surface area contributed by atoms with Crippen LogP contribution in [-0.2, 0) is 19.1 Å². The average molecular weight is 535 g/mol. The Hall–Kier alpha value is -3.77. The van der Waals surface area contributed by atoms with Gasteiger partial charge in [0.15, 0.2) is 5.78 Å². The smallest absolute Gasteiger partial charge is 0.328 e. The number of carbonyl (C=O) groups is 3. The van der Waals surface area contributed by atoms with Gasteiger partial charge in [-0.25, -0.2) is 4.79 Å². The first-order valence-electron chi connectivity index (χ1n) is 12.9. The Morgan fingerprint density at radius 2 is 1.51 bits per heavy atom. The third-order valence-electron chi connectivity index (χ3n) is 6.31. The topological polar surface area (TPSA) is 101 Å². The molecule has 2 N–H and O–H groups in total. The van der Waals surface area contributed by atoms with Crippen molar-refractivity contribution in [2.24, 2.45) is 5.41 Å². The number of carbonyl (C=O) groups excluding carboxylic acids is 2. The van der Waals surface area contributed by atoms with Crippen LogP contribution in [0.2, 0.25) is 0 Å². The van der Waals surface area contributed by atoms with Crippen LogP contribution < -0.4 is 0 Å². The van der Waals surface area contributed by atoms with Crippen LogP contribution in [0.5, 0.6) is 0 Å². The zero-order chi connectivity index (χ0) is 29.6. The normalized spacial score (nSPS) is 21.4. The van der Waals surface area contributed by atoms with E-state index in [2.05, 4.69) is 0 Å². The molecule has 0 saturated heterocycles. The lowest BCUT2D eigenvalue weighted by Gasteiger charge is -2.44. The number of ketones is 1. The molecule has 6 heteroatoms. The molecule has 1 atom stereocenters. The van der Waals surface area contributed by atoms with Gasteiger partial charge in [0, 0.05) is 24.8 Å². The number of hydrogen-bond acceptors (Lipinski definition) is 5. The summed E-state index contributed by atoms with van der Waals surface area (Å²) >= 11 is 0. The lowest BCUT2D eigenvalue weighted by molar-refractivity contribution is -0.140. The fourth-order valence-corrected chi connectivity index (χ4v) is 3.97. The van der Waals surface area contributed by atoms with Crippen molar-refractivity contribution in [3.8, 4) is 0 Å². The molecule has 0 aromatic carbocycles. The molecular weight excluding hydrogens is 492 g/mol. The highest BCUT2D eigenvalue weighted by Gasteiger charge is 2.46. The molecule has 0 saturated carbocycles. The number of rotatable bonds is 12. The highest BCUT2D eigenvalue weighted by molar-refractivity contribution is 5.92. The van der Waals surface area contributed by atoms with E-state index in [9.17, 15) is 19.5 Å². The number of hydrogen-bond donors (Lipinski definition) is 2. The van der Waals surface area contributed by atoms with Crippen LogP contribution in [0.25, 0.3) is 0 Å². The number of carboxylic acid groups (broad SMARTS) is 1. The van der Waals surface area contributed by atoms with Crippen LogP contribution in [0.4, 0.5) is 0 Å². The summed E-state index contributed by atoms with van der Waals surface area (Å²) in [4.78, 5) is 33.8. The highest BCUT2D eigenvalue weighted by Crippen LogP contribution is 2.44. The van der Waals surface area contributed by atoms with Gasteiger partial charge >= 0.3 is 11.9 Å². The molecule has 1 aliphatic carbocycles. The minimum Gasteiger partial charge on any atom is -0.478 e. The molecule has 6 nitrogen and oxygen atoms in total. The Balaban J connectivity index is 2.72. The first-order valence-corrected chi connectivity index (χ1v) is 12.9. The second-order valence-electron chi connectivity index (χ2n) is 10.5. The molecule has 0 aromatic rings. The molecule has 39 heavy (non-hydrogen) atoms. The van der Waals surface area contributed by atoms with Crippen LogP contribution in [-0.4, -0.2) is 40.1 Å².